The number of amides is 3. The van der Waals surface area contributed by atoms with Crippen LogP contribution in [0, 0.1) is 5.92 Å². The maximum absolute atomic E-state index is 12.5. The summed E-state index contributed by atoms with van der Waals surface area (Å²) in [5, 5.41) is 5.62. The van der Waals surface area contributed by atoms with Crippen molar-refractivity contribution in [2.24, 2.45) is 5.92 Å². The Morgan fingerprint density at radius 2 is 1.89 bits per heavy atom. The summed E-state index contributed by atoms with van der Waals surface area (Å²) in [6.07, 6.45) is 1.67. The van der Waals surface area contributed by atoms with E-state index in [2.05, 4.69) is 10.6 Å². The number of hydrogen-bond donors (Lipinski definition) is 2. The van der Waals surface area contributed by atoms with E-state index in [0.29, 0.717) is 30.2 Å². The standard InChI is InChI=1S/C20H29N3O5/c1-13(2)19(25)22-15-6-5-9-23(12-15)18(24)11-21-20(26)14-7-8-16(27-3)17(10-14)28-4/h7-8,10,13,15H,5-6,9,11-12H2,1-4H3,(H,21,26)(H,22,25). The Morgan fingerprint density at radius 3 is 2.54 bits per heavy atom. The fraction of sp³-hybridized carbons (Fsp3) is 0.550. The van der Waals surface area contributed by atoms with E-state index in [9.17, 15) is 14.4 Å². The summed E-state index contributed by atoms with van der Waals surface area (Å²) < 4.78 is 10.3. The molecule has 1 heterocycles. The number of ether oxygens (including phenoxy) is 2. The first kappa shape index (κ1) is 21.5. The summed E-state index contributed by atoms with van der Waals surface area (Å²) in [6.45, 7) is 4.66. The van der Waals surface area contributed by atoms with Gasteiger partial charge in [-0.3, -0.25) is 14.4 Å². The average molecular weight is 391 g/mol. The van der Waals surface area contributed by atoms with Crippen molar-refractivity contribution in [2.45, 2.75) is 32.7 Å². The molecule has 8 nitrogen and oxygen atoms in total. The van der Waals surface area contributed by atoms with Crippen LogP contribution in [0.15, 0.2) is 18.2 Å². The predicted octanol–water partition coefficient (Wildman–Crippen LogP) is 1.20. The number of likely N-dealkylation sites (tertiary alicyclic amines) is 1. The molecule has 3 amide bonds. The fourth-order valence-electron chi connectivity index (χ4n) is 3.04. The van der Waals surface area contributed by atoms with Gasteiger partial charge in [0.25, 0.3) is 5.91 Å². The van der Waals surface area contributed by atoms with Crippen LogP contribution in [-0.2, 0) is 9.59 Å². The molecule has 1 fully saturated rings. The Kier molecular flexibility index (Phi) is 7.66. The van der Waals surface area contributed by atoms with Crippen molar-refractivity contribution in [2.75, 3.05) is 33.9 Å². The van der Waals surface area contributed by atoms with Gasteiger partial charge in [0.1, 0.15) is 0 Å². The number of nitrogens with zero attached hydrogens (tertiary/aromatic N) is 1. The van der Waals surface area contributed by atoms with Crippen molar-refractivity contribution in [1.82, 2.24) is 15.5 Å². The lowest BCUT2D eigenvalue weighted by molar-refractivity contribution is -0.133. The van der Waals surface area contributed by atoms with Gasteiger partial charge in [0.2, 0.25) is 11.8 Å². The molecule has 2 N–H and O–H groups in total. The summed E-state index contributed by atoms with van der Waals surface area (Å²) in [5.41, 5.74) is 0.381. The van der Waals surface area contributed by atoms with E-state index in [-0.39, 0.29) is 36.2 Å². The first-order valence-electron chi connectivity index (χ1n) is 9.44. The van der Waals surface area contributed by atoms with Crippen molar-refractivity contribution in [1.29, 1.82) is 0 Å². The van der Waals surface area contributed by atoms with E-state index in [4.69, 9.17) is 9.47 Å². The number of rotatable bonds is 7. The van der Waals surface area contributed by atoms with Gasteiger partial charge in [0.15, 0.2) is 11.5 Å². The molecule has 0 radical (unpaired) electrons. The SMILES string of the molecule is COc1ccc(C(=O)NCC(=O)N2CCCC(NC(=O)C(C)C)C2)cc1OC. The average Bonchev–Trinajstić information content (AvgIpc) is 2.71. The van der Waals surface area contributed by atoms with Crippen LogP contribution < -0.4 is 20.1 Å². The molecule has 28 heavy (non-hydrogen) atoms. The van der Waals surface area contributed by atoms with Gasteiger partial charge in [0.05, 0.1) is 20.8 Å². The zero-order valence-electron chi connectivity index (χ0n) is 16.9. The minimum atomic E-state index is -0.365. The van der Waals surface area contributed by atoms with E-state index < -0.39 is 0 Å². The normalized spacial score (nSPS) is 16.5. The van der Waals surface area contributed by atoms with Crippen molar-refractivity contribution in [3.63, 3.8) is 0 Å². The van der Waals surface area contributed by atoms with Crippen molar-refractivity contribution >= 4 is 17.7 Å². The summed E-state index contributed by atoms with van der Waals surface area (Å²) in [7, 11) is 3.01. The van der Waals surface area contributed by atoms with Gasteiger partial charge in [-0.05, 0) is 31.0 Å². The lowest BCUT2D eigenvalue weighted by atomic mass is 10.0. The van der Waals surface area contributed by atoms with Gasteiger partial charge in [-0.15, -0.1) is 0 Å². The molecule has 1 unspecified atom stereocenters. The van der Waals surface area contributed by atoms with Crippen LogP contribution in [0.2, 0.25) is 0 Å². The van der Waals surface area contributed by atoms with E-state index in [1.54, 1.807) is 23.1 Å². The van der Waals surface area contributed by atoms with Crippen LogP contribution >= 0.6 is 0 Å². The van der Waals surface area contributed by atoms with E-state index in [1.807, 2.05) is 13.8 Å². The molecule has 2 rings (SSSR count). The third-order valence-corrected chi connectivity index (χ3v) is 4.69. The highest BCUT2D eigenvalue weighted by Gasteiger charge is 2.25. The van der Waals surface area contributed by atoms with Gasteiger partial charge in [0, 0.05) is 30.6 Å². The first-order chi connectivity index (χ1) is 13.3. The smallest absolute Gasteiger partial charge is 0.251 e. The summed E-state index contributed by atoms with van der Waals surface area (Å²) in [6, 6.07) is 4.77. The molecule has 154 valence electrons. The minimum absolute atomic E-state index is 0.0129. The van der Waals surface area contributed by atoms with Crippen LogP contribution in [-0.4, -0.2) is 62.5 Å². The lowest BCUT2D eigenvalue weighted by Gasteiger charge is -2.33. The molecule has 1 aliphatic rings. The second-order valence-electron chi connectivity index (χ2n) is 7.09. The van der Waals surface area contributed by atoms with Gasteiger partial charge in [-0.25, -0.2) is 0 Å². The van der Waals surface area contributed by atoms with Gasteiger partial charge in [-0.2, -0.15) is 0 Å². The number of nitrogens with one attached hydrogen (secondary N) is 2. The van der Waals surface area contributed by atoms with Crippen LogP contribution in [0.5, 0.6) is 11.5 Å². The molecule has 0 aliphatic carbocycles. The van der Waals surface area contributed by atoms with Crippen LogP contribution in [0.1, 0.15) is 37.0 Å². The summed E-state index contributed by atoms with van der Waals surface area (Å²) >= 11 is 0. The maximum Gasteiger partial charge on any atom is 0.251 e. The Hall–Kier alpha value is -2.77. The Balaban J connectivity index is 1.89. The van der Waals surface area contributed by atoms with E-state index >= 15 is 0 Å². The molecule has 1 aliphatic heterocycles. The topological polar surface area (TPSA) is 97.0 Å². The van der Waals surface area contributed by atoms with Crippen LogP contribution in [0.4, 0.5) is 0 Å². The number of piperidine rings is 1. The highest BCUT2D eigenvalue weighted by molar-refractivity contribution is 5.97. The van der Waals surface area contributed by atoms with Gasteiger partial charge < -0.3 is 25.0 Å². The molecule has 1 aromatic carbocycles. The third-order valence-electron chi connectivity index (χ3n) is 4.69. The third kappa shape index (κ3) is 5.61. The minimum Gasteiger partial charge on any atom is -0.493 e. The van der Waals surface area contributed by atoms with E-state index in [0.717, 1.165) is 12.8 Å². The Bertz CT molecular complexity index is 720. The number of carbonyl (C=O) groups is 3. The molecule has 1 saturated heterocycles. The molecule has 0 aromatic heterocycles. The zero-order valence-corrected chi connectivity index (χ0v) is 16.9. The molecule has 0 saturated carbocycles. The van der Waals surface area contributed by atoms with Crippen molar-refractivity contribution in [3.8, 4) is 11.5 Å². The molecular weight excluding hydrogens is 362 g/mol. The lowest BCUT2D eigenvalue weighted by Crippen LogP contribution is -2.52. The maximum atomic E-state index is 12.5. The second-order valence-corrected chi connectivity index (χ2v) is 7.09. The summed E-state index contributed by atoms with van der Waals surface area (Å²) in [5.74, 6) is 0.334. The fourth-order valence-corrected chi connectivity index (χ4v) is 3.04. The monoisotopic (exact) mass is 391 g/mol. The number of methoxy groups -OCH3 is 2. The van der Waals surface area contributed by atoms with Crippen molar-refractivity contribution < 1.29 is 23.9 Å². The predicted molar refractivity (Wildman–Crippen MR) is 104 cm³/mol. The van der Waals surface area contributed by atoms with Gasteiger partial charge >= 0.3 is 0 Å². The largest absolute Gasteiger partial charge is 0.493 e. The van der Waals surface area contributed by atoms with Crippen molar-refractivity contribution in [3.05, 3.63) is 23.8 Å². The number of hydrogen-bond acceptors (Lipinski definition) is 5. The number of benzene rings is 1. The summed E-state index contributed by atoms with van der Waals surface area (Å²) in [4.78, 5) is 38.4. The van der Waals surface area contributed by atoms with E-state index in [1.165, 1.54) is 14.2 Å². The molecule has 0 spiro atoms. The Morgan fingerprint density at radius 1 is 1.18 bits per heavy atom. The van der Waals surface area contributed by atoms with Gasteiger partial charge in [-0.1, -0.05) is 13.8 Å². The molecular formula is C20H29N3O5. The molecule has 0 bridgehead atoms. The highest BCUT2D eigenvalue weighted by Crippen LogP contribution is 2.27. The number of carbonyl (C=O) groups excluding carboxylic acids is 3. The zero-order chi connectivity index (χ0) is 20.7. The molecule has 8 heteroatoms. The highest BCUT2D eigenvalue weighted by atomic mass is 16.5. The first-order valence-corrected chi connectivity index (χ1v) is 9.44. The quantitative estimate of drug-likeness (QED) is 0.728. The Labute approximate surface area is 165 Å². The second kappa shape index (κ2) is 9.96. The molecule has 1 atom stereocenters. The molecule has 1 aromatic rings. The van der Waals surface area contributed by atoms with Crippen LogP contribution in [0.25, 0.3) is 0 Å². The van der Waals surface area contributed by atoms with Crippen LogP contribution in [0.3, 0.4) is 0 Å².